The number of benzene rings is 3. The number of likely N-dealkylation sites (tertiary alicyclic amines) is 1. The van der Waals surface area contributed by atoms with E-state index in [-0.39, 0.29) is 5.82 Å². The molecule has 6 heteroatoms. The summed E-state index contributed by atoms with van der Waals surface area (Å²) in [6, 6.07) is 23.5. The van der Waals surface area contributed by atoms with Crippen LogP contribution in [0, 0.1) is 5.82 Å². The van der Waals surface area contributed by atoms with Crippen LogP contribution in [0.1, 0.15) is 24.0 Å². The molecule has 1 aliphatic rings. The van der Waals surface area contributed by atoms with Crippen LogP contribution < -0.4 is 5.32 Å². The second kappa shape index (κ2) is 9.94. The van der Waals surface area contributed by atoms with E-state index in [0.717, 1.165) is 61.4 Å². The van der Waals surface area contributed by atoms with Gasteiger partial charge in [-0.15, -0.1) is 0 Å². The zero-order valence-electron chi connectivity index (χ0n) is 18.6. The van der Waals surface area contributed by atoms with Crippen molar-refractivity contribution in [2.75, 3.05) is 25.0 Å². The van der Waals surface area contributed by atoms with Crippen LogP contribution in [-0.2, 0) is 13.0 Å². The van der Waals surface area contributed by atoms with E-state index in [1.54, 1.807) is 0 Å². The molecule has 0 atom stereocenters. The van der Waals surface area contributed by atoms with E-state index in [9.17, 15) is 4.39 Å². The summed E-state index contributed by atoms with van der Waals surface area (Å²) in [5.74, 6) is 0.623. The average Bonchev–Trinajstić information content (AvgIpc) is 3.16. The van der Waals surface area contributed by atoms with Crippen molar-refractivity contribution in [2.45, 2.75) is 31.8 Å². The smallest absolute Gasteiger partial charge is 0.204 e. The Balaban J connectivity index is 1.27. The van der Waals surface area contributed by atoms with Crippen LogP contribution in [0.5, 0.6) is 0 Å². The SMILES string of the molecule is Fc1ccc(Cn2c(NC3CCN(CCc4ccccc4)CC3)nc3cc(Cl)ccc32)cc1. The summed E-state index contributed by atoms with van der Waals surface area (Å²) in [6.45, 7) is 3.87. The summed E-state index contributed by atoms with van der Waals surface area (Å²) >= 11 is 6.22. The second-order valence-corrected chi connectivity index (χ2v) is 9.21. The minimum absolute atomic E-state index is 0.224. The van der Waals surface area contributed by atoms with Crippen LogP contribution in [0.25, 0.3) is 11.0 Å². The average molecular weight is 463 g/mol. The molecule has 0 unspecified atom stereocenters. The van der Waals surface area contributed by atoms with Crippen molar-refractivity contribution in [1.29, 1.82) is 0 Å². The number of nitrogens with zero attached hydrogens (tertiary/aromatic N) is 3. The van der Waals surface area contributed by atoms with E-state index in [0.29, 0.717) is 17.6 Å². The van der Waals surface area contributed by atoms with E-state index in [1.807, 2.05) is 30.3 Å². The molecule has 1 aliphatic heterocycles. The van der Waals surface area contributed by atoms with Gasteiger partial charge in [-0.2, -0.15) is 0 Å². The van der Waals surface area contributed by atoms with Gasteiger partial charge in [0.1, 0.15) is 5.82 Å². The van der Waals surface area contributed by atoms with Crippen molar-refractivity contribution >= 4 is 28.6 Å². The van der Waals surface area contributed by atoms with Gasteiger partial charge in [0.15, 0.2) is 0 Å². The Labute approximate surface area is 199 Å². The third-order valence-electron chi connectivity index (χ3n) is 6.44. The molecule has 4 nitrogen and oxygen atoms in total. The van der Waals surface area contributed by atoms with Crippen LogP contribution in [-0.4, -0.2) is 40.1 Å². The summed E-state index contributed by atoms with van der Waals surface area (Å²) in [5, 5.41) is 4.37. The van der Waals surface area contributed by atoms with Gasteiger partial charge in [0, 0.05) is 30.7 Å². The molecule has 1 saturated heterocycles. The summed E-state index contributed by atoms with van der Waals surface area (Å²) in [4.78, 5) is 7.40. The molecule has 170 valence electrons. The summed E-state index contributed by atoms with van der Waals surface area (Å²) in [5.41, 5.74) is 4.31. The minimum atomic E-state index is -0.224. The molecule has 33 heavy (non-hydrogen) atoms. The van der Waals surface area contributed by atoms with Gasteiger partial charge < -0.3 is 14.8 Å². The maximum atomic E-state index is 13.4. The highest BCUT2D eigenvalue weighted by molar-refractivity contribution is 6.31. The zero-order valence-corrected chi connectivity index (χ0v) is 19.3. The highest BCUT2D eigenvalue weighted by atomic mass is 35.5. The number of fused-ring (bicyclic) bond motifs is 1. The highest BCUT2D eigenvalue weighted by Gasteiger charge is 2.21. The number of anilines is 1. The molecule has 1 N–H and O–H groups in total. The lowest BCUT2D eigenvalue weighted by Gasteiger charge is -2.32. The quantitative estimate of drug-likeness (QED) is 0.366. The molecule has 1 fully saturated rings. The lowest BCUT2D eigenvalue weighted by atomic mass is 10.0. The molecular formula is C27H28ClFN4. The Kier molecular flexibility index (Phi) is 6.60. The number of hydrogen-bond donors (Lipinski definition) is 1. The molecule has 5 rings (SSSR count). The third kappa shape index (κ3) is 5.37. The topological polar surface area (TPSA) is 33.1 Å². The van der Waals surface area contributed by atoms with Gasteiger partial charge in [-0.25, -0.2) is 9.37 Å². The van der Waals surface area contributed by atoms with Gasteiger partial charge in [0.25, 0.3) is 0 Å². The fraction of sp³-hybridized carbons (Fsp3) is 0.296. The Morgan fingerprint density at radius 3 is 2.45 bits per heavy atom. The molecular weight excluding hydrogens is 435 g/mol. The monoisotopic (exact) mass is 462 g/mol. The summed E-state index contributed by atoms with van der Waals surface area (Å²) in [7, 11) is 0. The van der Waals surface area contributed by atoms with Gasteiger partial charge in [-0.05, 0) is 60.7 Å². The summed E-state index contributed by atoms with van der Waals surface area (Å²) in [6.07, 6.45) is 3.25. The number of hydrogen-bond acceptors (Lipinski definition) is 3. The molecule has 4 aromatic rings. The van der Waals surface area contributed by atoms with Gasteiger partial charge in [-0.3, -0.25) is 0 Å². The fourth-order valence-corrected chi connectivity index (χ4v) is 4.73. The Hall–Kier alpha value is -2.89. The molecule has 0 saturated carbocycles. The number of aromatic nitrogens is 2. The van der Waals surface area contributed by atoms with E-state index < -0.39 is 0 Å². The van der Waals surface area contributed by atoms with Gasteiger partial charge in [-0.1, -0.05) is 54.1 Å². The van der Waals surface area contributed by atoms with Crippen LogP contribution in [0.15, 0.2) is 72.8 Å². The van der Waals surface area contributed by atoms with Crippen LogP contribution >= 0.6 is 11.6 Å². The molecule has 0 bridgehead atoms. The molecule has 0 radical (unpaired) electrons. The molecule has 1 aromatic heterocycles. The minimum Gasteiger partial charge on any atom is -0.353 e. The predicted molar refractivity (Wildman–Crippen MR) is 133 cm³/mol. The first kappa shape index (κ1) is 21.9. The number of imidazole rings is 1. The third-order valence-corrected chi connectivity index (χ3v) is 6.68. The lowest BCUT2D eigenvalue weighted by Crippen LogP contribution is -2.40. The first-order valence-corrected chi connectivity index (χ1v) is 11.9. The van der Waals surface area contributed by atoms with Crippen molar-refractivity contribution in [2.24, 2.45) is 0 Å². The number of piperidine rings is 1. The van der Waals surface area contributed by atoms with E-state index >= 15 is 0 Å². The van der Waals surface area contributed by atoms with Gasteiger partial charge in [0.2, 0.25) is 5.95 Å². The first-order chi connectivity index (χ1) is 16.1. The molecule has 0 aliphatic carbocycles. The predicted octanol–water partition coefficient (Wildman–Crippen LogP) is 6.00. The Morgan fingerprint density at radius 1 is 0.939 bits per heavy atom. The van der Waals surface area contributed by atoms with Crippen LogP contribution in [0.4, 0.5) is 10.3 Å². The number of halogens is 2. The van der Waals surface area contributed by atoms with E-state index in [4.69, 9.17) is 16.6 Å². The lowest BCUT2D eigenvalue weighted by molar-refractivity contribution is 0.221. The molecule has 3 aromatic carbocycles. The normalized spacial score (nSPS) is 15.2. The van der Waals surface area contributed by atoms with Crippen molar-refractivity contribution in [3.8, 4) is 0 Å². The van der Waals surface area contributed by atoms with E-state index in [1.165, 1.54) is 17.7 Å². The maximum absolute atomic E-state index is 13.4. The maximum Gasteiger partial charge on any atom is 0.204 e. The van der Waals surface area contributed by atoms with Crippen molar-refractivity contribution in [3.05, 3.63) is 94.8 Å². The number of rotatable bonds is 7. The van der Waals surface area contributed by atoms with Gasteiger partial charge >= 0.3 is 0 Å². The molecule has 0 amide bonds. The standard InChI is InChI=1S/C27H28ClFN4/c28-22-8-11-26-25(18-22)31-27(33(26)19-21-6-9-23(29)10-7-21)30-24-13-16-32(17-14-24)15-12-20-4-2-1-3-5-20/h1-11,18,24H,12-17,19H2,(H,30,31). The highest BCUT2D eigenvalue weighted by Crippen LogP contribution is 2.26. The van der Waals surface area contributed by atoms with E-state index in [2.05, 4.69) is 45.1 Å². The van der Waals surface area contributed by atoms with Gasteiger partial charge in [0.05, 0.1) is 17.6 Å². The Morgan fingerprint density at radius 2 is 1.70 bits per heavy atom. The molecule has 2 heterocycles. The van der Waals surface area contributed by atoms with Crippen LogP contribution in [0.2, 0.25) is 5.02 Å². The second-order valence-electron chi connectivity index (χ2n) is 8.78. The molecule has 0 spiro atoms. The van der Waals surface area contributed by atoms with Crippen molar-refractivity contribution < 1.29 is 4.39 Å². The fourth-order valence-electron chi connectivity index (χ4n) is 4.56. The van der Waals surface area contributed by atoms with Crippen molar-refractivity contribution in [1.82, 2.24) is 14.5 Å². The largest absolute Gasteiger partial charge is 0.353 e. The summed E-state index contributed by atoms with van der Waals surface area (Å²) < 4.78 is 15.6. The first-order valence-electron chi connectivity index (χ1n) is 11.6. The zero-order chi connectivity index (χ0) is 22.6. The Bertz CT molecular complexity index is 1200. The number of nitrogens with one attached hydrogen (secondary N) is 1. The van der Waals surface area contributed by atoms with Crippen LogP contribution in [0.3, 0.4) is 0 Å². The van der Waals surface area contributed by atoms with Crippen molar-refractivity contribution in [3.63, 3.8) is 0 Å².